The molecule has 3 aliphatic rings. The summed E-state index contributed by atoms with van der Waals surface area (Å²) in [5.41, 5.74) is 4.14. The second-order valence-electron chi connectivity index (χ2n) is 8.13. The number of hydrogen-bond donors (Lipinski definition) is 2. The molecule has 1 aromatic carbocycles. The molecule has 6 rings (SSSR count). The van der Waals surface area contributed by atoms with Crippen LogP contribution >= 0.6 is 0 Å². The Balaban J connectivity index is 1.72. The van der Waals surface area contributed by atoms with Crippen LogP contribution in [0.25, 0.3) is 23.3 Å². The quantitative estimate of drug-likeness (QED) is 0.591. The van der Waals surface area contributed by atoms with E-state index in [1.807, 2.05) is 24.5 Å². The van der Waals surface area contributed by atoms with Gasteiger partial charge in [-0.05, 0) is 30.7 Å². The molecule has 152 valence electrons. The number of nitrogens with one attached hydrogen (secondary N) is 2. The van der Waals surface area contributed by atoms with Crippen molar-refractivity contribution in [1.82, 2.24) is 4.40 Å². The van der Waals surface area contributed by atoms with Gasteiger partial charge in [0.2, 0.25) is 0 Å². The first-order chi connectivity index (χ1) is 15.2. The van der Waals surface area contributed by atoms with E-state index >= 15 is 0 Å². The van der Waals surface area contributed by atoms with Gasteiger partial charge in [0.05, 0.1) is 23.1 Å². The molecule has 0 amide bonds. The maximum Gasteiger partial charge on any atom is 0.135 e. The molecule has 3 aromatic rings. The zero-order valence-electron chi connectivity index (χ0n) is 17.3. The Morgan fingerprint density at radius 2 is 1.68 bits per heavy atom. The Kier molecular flexibility index (Phi) is 3.93. The predicted molar refractivity (Wildman–Crippen MR) is 128 cm³/mol. The average Bonchev–Trinajstić information content (AvgIpc) is 3.06. The fourth-order valence-electron chi connectivity index (χ4n) is 4.70. The van der Waals surface area contributed by atoms with Gasteiger partial charge in [-0.3, -0.25) is 4.40 Å². The van der Waals surface area contributed by atoms with Crippen molar-refractivity contribution in [2.24, 2.45) is 0 Å². The number of allylic oxidation sites excluding steroid dienone is 3. The molecule has 2 atom stereocenters. The zero-order valence-corrected chi connectivity index (χ0v) is 17.3. The van der Waals surface area contributed by atoms with Crippen molar-refractivity contribution in [2.75, 3.05) is 10.6 Å². The van der Waals surface area contributed by atoms with Gasteiger partial charge in [0, 0.05) is 21.9 Å². The summed E-state index contributed by atoms with van der Waals surface area (Å²) in [6.07, 6.45) is 12.6. The number of rotatable bonds is 0. The molecule has 4 nitrogen and oxygen atoms in total. The maximum atomic E-state index is 6.16. The summed E-state index contributed by atoms with van der Waals surface area (Å²) in [5.74, 6) is 1.86. The Morgan fingerprint density at radius 1 is 0.935 bits per heavy atom. The van der Waals surface area contributed by atoms with Crippen molar-refractivity contribution >= 4 is 34.8 Å². The molecular formula is C27H23N3O. The molecule has 31 heavy (non-hydrogen) atoms. The predicted octanol–water partition coefficient (Wildman–Crippen LogP) is 4.13. The summed E-state index contributed by atoms with van der Waals surface area (Å²) < 4.78 is 8.44. The Bertz CT molecular complexity index is 1460. The number of aromatic nitrogens is 1. The number of nitrogens with zero attached hydrogens (tertiary/aromatic N) is 1. The van der Waals surface area contributed by atoms with Gasteiger partial charge in [0.25, 0.3) is 0 Å². The molecule has 2 aromatic heterocycles. The van der Waals surface area contributed by atoms with Crippen LogP contribution in [0.2, 0.25) is 0 Å². The van der Waals surface area contributed by atoms with E-state index < -0.39 is 0 Å². The van der Waals surface area contributed by atoms with Gasteiger partial charge < -0.3 is 15.4 Å². The average molecular weight is 406 g/mol. The van der Waals surface area contributed by atoms with Crippen LogP contribution in [0.1, 0.15) is 11.3 Å². The van der Waals surface area contributed by atoms with Crippen LogP contribution in [-0.2, 0) is 0 Å². The lowest BCUT2D eigenvalue weighted by molar-refractivity contribution is 0.538. The fourth-order valence-corrected chi connectivity index (χ4v) is 4.70. The van der Waals surface area contributed by atoms with Crippen molar-refractivity contribution in [3.8, 4) is 5.75 Å². The number of aryl methyl sites for hydroxylation is 1. The molecule has 2 unspecified atom stereocenters. The van der Waals surface area contributed by atoms with Crippen LogP contribution in [0.5, 0.6) is 5.75 Å². The maximum absolute atomic E-state index is 6.16. The van der Waals surface area contributed by atoms with Crippen LogP contribution in [0, 0.1) is 6.92 Å². The van der Waals surface area contributed by atoms with Crippen molar-refractivity contribution in [3.63, 3.8) is 0 Å². The van der Waals surface area contributed by atoms with Crippen molar-refractivity contribution in [2.45, 2.75) is 19.0 Å². The molecule has 4 heterocycles. The van der Waals surface area contributed by atoms with Gasteiger partial charge in [-0.1, -0.05) is 67.3 Å². The van der Waals surface area contributed by atoms with Gasteiger partial charge in [-0.15, -0.1) is 0 Å². The molecule has 0 saturated heterocycles. The van der Waals surface area contributed by atoms with E-state index in [4.69, 9.17) is 4.74 Å². The summed E-state index contributed by atoms with van der Waals surface area (Å²) in [7, 11) is 0. The minimum atomic E-state index is 0.185. The van der Waals surface area contributed by atoms with Gasteiger partial charge in [0.1, 0.15) is 17.8 Å². The molecular weight excluding hydrogens is 382 g/mol. The van der Waals surface area contributed by atoms with Crippen molar-refractivity contribution in [3.05, 3.63) is 101 Å². The third-order valence-corrected chi connectivity index (χ3v) is 6.26. The van der Waals surface area contributed by atoms with Gasteiger partial charge >= 0.3 is 0 Å². The van der Waals surface area contributed by atoms with Crippen LogP contribution in [0.15, 0.2) is 79.4 Å². The third kappa shape index (κ3) is 2.76. The highest BCUT2D eigenvalue weighted by molar-refractivity contribution is 5.90. The van der Waals surface area contributed by atoms with E-state index in [9.17, 15) is 0 Å². The number of hydrogen-bond acceptors (Lipinski definition) is 3. The Morgan fingerprint density at radius 3 is 2.55 bits per heavy atom. The topological polar surface area (TPSA) is 37.7 Å². The van der Waals surface area contributed by atoms with Gasteiger partial charge in [-0.2, -0.15) is 0 Å². The summed E-state index contributed by atoms with van der Waals surface area (Å²) in [4.78, 5) is 0. The molecule has 0 spiro atoms. The Hall–Kier alpha value is -3.92. The number of ether oxygens (including phenoxy) is 1. The summed E-state index contributed by atoms with van der Waals surface area (Å²) in [6.45, 7) is 6.51. The monoisotopic (exact) mass is 405 g/mol. The highest BCUT2D eigenvalue weighted by Gasteiger charge is 2.26. The van der Waals surface area contributed by atoms with E-state index in [2.05, 4.69) is 89.2 Å². The summed E-state index contributed by atoms with van der Waals surface area (Å²) in [6, 6.07) is 16.9. The third-order valence-electron chi connectivity index (χ3n) is 6.26. The summed E-state index contributed by atoms with van der Waals surface area (Å²) in [5, 5.41) is 10.7. The lowest BCUT2D eigenvalue weighted by Crippen LogP contribution is -2.43. The van der Waals surface area contributed by atoms with E-state index in [0.717, 1.165) is 50.0 Å². The van der Waals surface area contributed by atoms with E-state index in [1.165, 1.54) is 0 Å². The molecule has 1 aliphatic carbocycles. The smallest absolute Gasteiger partial charge is 0.135 e. The fraction of sp³-hybridized carbons (Fsp3) is 0.111. The molecule has 0 saturated carbocycles. The second kappa shape index (κ2) is 6.81. The molecule has 4 heteroatoms. The minimum Gasteiger partial charge on any atom is -0.464 e. The number of para-hydroxylation sites is 1. The van der Waals surface area contributed by atoms with Gasteiger partial charge in [0.15, 0.2) is 0 Å². The SMILES string of the molecule is C=C1C=c2c(c3ccccc4c(n2c3C)NC2C=CC=CC2N4)=COc2ccccc21. The first-order valence-corrected chi connectivity index (χ1v) is 10.6. The lowest BCUT2D eigenvalue weighted by Gasteiger charge is -2.34. The molecule has 2 bridgehead atoms. The highest BCUT2D eigenvalue weighted by atomic mass is 16.5. The first-order valence-electron chi connectivity index (χ1n) is 10.6. The van der Waals surface area contributed by atoms with E-state index in [1.54, 1.807) is 0 Å². The largest absolute Gasteiger partial charge is 0.464 e. The van der Waals surface area contributed by atoms with Gasteiger partial charge in [-0.25, -0.2) is 0 Å². The number of fused-ring (bicyclic) bond motifs is 9. The Labute approximate surface area is 180 Å². The van der Waals surface area contributed by atoms with Crippen molar-refractivity contribution < 1.29 is 4.74 Å². The lowest BCUT2D eigenvalue weighted by atomic mass is 10.0. The summed E-state index contributed by atoms with van der Waals surface area (Å²) >= 11 is 0. The van der Waals surface area contributed by atoms with Crippen LogP contribution in [0.4, 0.5) is 11.5 Å². The molecule has 2 aliphatic heterocycles. The van der Waals surface area contributed by atoms with Crippen LogP contribution in [0.3, 0.4) is 0 Å². The highest BCUT2D eigenvalue weighted by Crippen LogP contribution is 2.30. The molecule has 2 N–H and O–H groups in total. The minimum absolute atomic E-state index is 0.185. The van der Waals surface area contributed by atoms with E-state index in [0.29, 0.717) is 0 Å². The van der Waals surface area contributed by atoms with Crippen LogP contribution in [-0.4, -0.2) is 16.5 Å². The number of benzene rings is 1. The molecule has 0 radical (unpaired) electrons. The zero-order chi connectivity index (χ0) is 20.9. The van der Waals surface area contributed by atoms with Crippen LogP contribution < -0.4 is 25.9 Å². The standard InChI is InChI=1S/C27H23N3O/c1-17-15-25-21(16-31-26-14-8-4-9-19(17)26)20-10-3-5-13-24-27(30(25)18(20)2)29-23-12-7-6-11-22(23)28-24/h3-16,22-23,28-29H,1H2,2H3. The second-order valence-corrected chi connectivity index (χ2v) is 8.13. The molecule has 0 fully saturated rings. The normalized spacial score (nSPS) is 20.2. The number of anilines is 2. The first kappa shape index (κ1) is 17.9. The van der Waals surface area contributed by atoms with Crippen molar-refractivity contribution in [1.29, 1.82) is 0 Å². The van der Waals surface area contributed by atoms with E-state index in [-0.39, 0.29) is 12.1 Å².